The quantitative estimate of drug-likeness (QED) is 0.789. The number of aryl methyl sites for hydroxylation is 1. The highest BCUT2D eigenvalue weighted by molar-refractivity contribution is 6.31. The van der Waals surface area contributed by atoms with Gasteiger partial charge in [-0.1, -0.05) is 11.6 Å². The summed E-state index contributed by atoms with van der Waals surface area (Å²) in [6, 6.07) is 5.38. The lowest BCUT2D eigenvalue weighted by atomic mass is 9.96. The van der Waals surface area contributed by atoms with Crippen LogP contribution in [0.1, 0.15) is 24.8 Å². The summed E-state index contributed by atoms with van der Waals surface area (Å²) in [4.78, 5) is 14.1. The zero-order chi connectivity index (χ0) is 16.2. The van der Waals surface area contributed by atoms with Crippen LogP contribution in [0, 0.1) is 6.92 Å². The topological polar surface area (TPSA) is 72.8 Å². The van der Waals surface area contributed by atoms with Gasteiger partial charge in [-0.2, -0.15) is 0 Å². The third kappa shape index (κ3) is 4.68. The van der Waals surface area contributed by atoms with Crippen molar-refractivity contribution in [1.82, 2.24) is 4.90 Å². The lowest BCUT2D eigenvalue weighted by molar-refractivity contribution is -0.117. The monoisotopic (exact) mass is 326 g/mol. The molecular weight excluding hydrogens is 304 g/mol. The Morgan fingerprint density at radius 3 is 2.86 bits per heavy atom. The summed E-state index contributed by atoms with van der Waals surface area (Å²) >= 11 is 5.97. The average Bonchev–Trinajstić information content (AvgIpc) is 2.66. The molecule has 0 saturated carbocycles. The van der Waals surface area contributed by atoms with Crippen molar-refractivity contribution < 1.29 is 15.0 Å². The molecule has 6 heteroatoms. The van der Waals surface area contributed by atoms with E-state index in [-0.39, 0.29) is 19.1 Å². The smallest absolute Gasteiger partial charge is 0.238 e. The highest BCUT2D eigenvalue weighted by Gasteiger charge is 2.29. The molecule has 0 unspecified atom stereocenters. The molecule has 1 aliphatic heterocycles. The lowest BCUT2D eigenvalue weighted by Gasteiger charge is -2.24. The summed E-state index contributed by atoms with van der Waals surface area (Å²) in [5.74, 6) is -0.0869. The van der Waals surface area contributed by atoms with Crippen LogP contribution in [0.5, 0.6) is 0 Å². The number of aliphatic hydroxyl groups excluding tert-OH is 1. The fraction of sp³-hybridized carbons (Fsp3) is 0.562. The maximum absolute atomic E-state index is 12.1. The maximum atomic E-state index is 12.1. The Morgan fingerprint density at radius 1 is 1.41 bits per heavy atom. The Labute approximate surface area is 135 Å². The van der Waals surface area contributed by atoms with Gasteiger partial charge in [0.25, 0.3) is 0 Å². The molecule has 0 bridgehead atoms. The number of carbonyl (C=O) groups excluding carboxylic acids is 1. The van der Waals surface area contributed by atoms with Crippen LogP contribution in [0.3, 0.4) is 0 Å². The van der Waals surface area contributed by atoms with Gasteiger partial charge in [-0.15, -0.1) is 0 Å². The predicted molar refractivity (Wildman–Crippen MR) is 87.1 cm³/mol. The summed E-state index contributed by atoms with van der Waals surface area (Å²) in [6.07, 6.45) is 1.82. The zero-order valence-electron chi connectivity index (χ0n) is 12.8. The van der Waals surface area contributed by atoms with Gasteiger partial charge in [-0.25, -0.2) is 0 Å². The summed E-state index contributed by atoms with van der Waals surface area (Å²) in [6.45, 7) is 3.29. The number of anilines is 1. The van der Waals surface area contributed by atoms with Gasteiger partial charge in [0, 0.05) is 17.3 Å². The molecule has 1 atom stereocenters. The van der Waals surface area contributed by atoms with Gasteiger partial charge in [-0.05, 0) is 56.5 Å². The number of hydrogen-bond acceptors (Lipinski definition) is 4. The molecule has 0 aromatic heterocycles. The second-order valence-corrected chi connectivity index (χ2v) is 6.43. The van der Waals surface area contributed by atoms with Gasteiger partial charge in [0.1, 0.15) is 0 Å². The number of nitrogens with one attached hydrogen (secondary N) is 1. The minimum absolute atomic E-state index is 0.0869. The number of aliphatic hydroxyl groups is 2. The molecule has 1 aliphatic rings. The second-order valence-electron chi connectivity index (χ2n) is 6.02. The summed E-state index contributed by atoms with van der Waals surface area (Å²) in [5.41, 5.74) is 0.647. The normalized spacial score (nSPS) is 23.1. The largest absolute Gasteiger partial charge is 0.393 e. The summed E-state index contributed by atoms with van der Waals surface area (Å²) in [7, 11) is 0. The third-order valence-electron chi connectivity index (χ3n) is 4.11. The van der Waals surface area contributed by atoms with Crippen molar-refractivity contribution in [2.45, 2.75) is 31.8 Å². The zero-order valence-corrected chi connectivity index (χ0v) is 13.6. The highest BCUT2D eigenvalue weighted by Crippen LogP contribution is 2.22. The van der Waals surface area contributed by atoms with Crippen molar-refractivity contribution in [3.8, 4) is 0 Å². The Morgan fingerprint density at radius 2 is 2.18 bits per heavy atom. The van der Waals surface area contributed by atoms with E-state index in [0.29, 0.717) is 24.4 Å². The molecule has 0 radical (unpaired) electrons. The molecule has 3 N–H and O–H groups in total. The molecule has 0 aliphatic carbocycles. The number of rotatable bonds is 4. The summed E-state index contributed by atoms with van der Waals surface area (Å²) < 4.78 is 0. The molecule has 122 valence electrons. The van der Waals surface area contributed by atoms with E-state index in [1.807, 2.05) is 17.9 Å². The molecular formula is C16H23ClN2O3. The van der Waals surface area contributed by atoms with Crippen molar-refractivity contribution in [2.75, 3.05) is 31.6 Å². The predicted octanol–water partition coefficient (Wildman–Crippen LogP) is 1.80. The number of amides is 1. The Kier molecular flexibility index (Phi) is 5.81. The van der Waals surface area contributed by atoms with Crippen molar-refractivity contribution >= 4 is 23.2 Å². The van der Waals surface area contributed by atoms with E-state index in [4.69, 9.17) is 11.6 Å². The van der Waals surface area contributed by atoms with Gasteiger partial charge in [0.15, 0.2) is 0 Å². The van der Waals surface area contributed by atoms with E-state index in [2.05, 4.69) is 5.32 Å². The van der Waals surface area contributed by atoms with Crippen molar-refractivity contribution in [1.29, 1.82) is 0 Å². The first-order chi connectivity index (χ1) is 10.4. The number of likely N-dealkylation sites (tertiary alicyclic amines) is 1. The Balaban J connectivity index is 1.87. The third-order valence-corrected chi connectivity index (χ3v) is 4.54. The number of halogens is 1. The molecule has 1 amide bonds. The molecule has 5 nitrogen and oxygen atoms in total. The number of benzene rings is 1. The highest BCUT2D eigenvalue weighted by atomic mass is 35.5. The Hall–Kier alpha value is -1.14. The first-order valence-corrected chi connectivity index (χ1v) is 7.91. The van der Waals surface area contributed by atoms with Gasteiger partial charge in [0.2, 0.25) is 5.91 Å². The lowest BCUT2D eigenvalue weighted by Crippen LogP contribution is -2.37. The van der Waals surface area contributed by atoms with Crippen LogP contribution in [0.2, 0.25) is 5.02 Å². The van der Waals surface area contributed by atoms with E-state index in [9.17, 15) is 15.0 Å². The molecule has 2 rings (SSSR count). The molecule has 1 saturated heterocycles. The first kappa shape index (κ1) is 17.2. The van der Waals surface area contributed by atoms with E-state index >= 15 is 0 Å². The van der Waals surface area contributed by atoms with Gasteiger partial charge in [0.05, 0.1) is 18.8 Å². The molecule has 1 aromatic carbocycles. The fourth-order valence-electron chi connectivity index (χ4n) is 2.68. The van der Waals surface area contributed by atoms with E-state index < -0.39 is 5.60 Å². The van der Waals surface area contributed by atoms with Crippen LogP contribution in [-0.4, -0.2) is 52.9 Å². The Bertz CT molecular complexity index is 538. The molecule has 1 fully saturated rings. The fourth-order valence-corrected chi connectivity index (χ4v) is 2.79. The van der Waals surface area contributed by atoms with E-state index in [1.54, 1.807) is 12.1 Å². The summed E-state index contributed by atoms with van der Waals surface area (Å²) in [5, 5.41) is 22.9. The second kappa shape index (κ2) is 7.42. The van der Waals surface area contributed by atoms with Crippen molar-refractivity contribution in [3.05, 3.63) is 28.8 Å². The molecule has 22 heavy (non-hydrogen) atoms. The van der Waals surface area contributed by atoms with Crippen molar-refractivity contribution in [2.24, 2.45) is 0 Å². The number of nitrogens with zero attached hydrogens (tertiary/aromatic N) is 1. The van der Waals surface area contributed by atoms with Crippen LogP contribution in [0.25, 0.3) is 0 Å². The standard InChI is InChI=1S/C16H23ClN2O3/c1-12-9-13(3-4-14(12)17)18-15(21)10-19-7-2-5-16(22,11-20)6-8-19/h3-4,9,20,22H,2,5-8,10-11H2,1H3,(H,18,21)/t16-/m0/s1. The minimum Gasteiger partial charge on any atom is -0.393 e. The van der Waals surface area contributed by atoms with Gasteiger partial charge >= 0.3 is 0 Å². The van der Waals surface area contributed by atoms with Crippen LogP contribution < -0.4 is 5.32 Å². The average molecular weight is 327 g/mol. The molecule has 0 spiro atoms. The van der Waals surface area contributed by atoms with E-state index in [1.165, 1.54) is 0 Å². The van der Waals surface area contributed by atoms with E-state index in [0.717, 1.165) is 24.2 Å². The van der Waals surface area contributed by atoms with Crippen LogP contribution in [0.4, 0.5) is 5.69 Å². The number of carbonyl (C=O) groups is 1. The van der Waals surface area contributed by atoms with Gasteiger partial charge in [-0.3, -0.25) is 9.69 Å². The molecule has 1 aromatic rings. The van der Waals surface area contributed by atoms with Crippen LogP contribution >= 0.6 is 11.6 Å². The minimum atomic E-state index is -1.00. The van der Waals surface area contributed by atoms with Crippen molar-refractivity contribution in [3.63, 3.8) is 0 Å². The number of hydrogen-bond donors (Lipinski definition) is 3. The first-order valence-electron chi connectivity index (χ1n) is 7.53. The van der Waals surface area contributed by atoms with Gasteiger partial charge < -0.3 is 15.5 Å². The van der Waals surface area contributed by atoms with Crippen LogP contribution in [0.15, 0.2) is 18.2 Å². The SMILES string of the molecule is Cc1cc(NC(=O)CN2CCC[C@@](O)(CO)CC2)ccc1Cl. The van der Waals surface area contributed by atoms with Crippen LogP contribution in [-0.2, 0) is 4.79 Å². The maximum Gasteiger partial charge on any atom is 0.238 e. The molecule has 1 heterocycles.